The van der Waals surface area contributed by atoms with Gasteiger partial charge in [0.25, 0.3) is 0 Å². The van der Waals surface area contributed by atoms with Gasteiger partial charge in [-0.25, -0.2) is 4.39 Å². The highest BCUT2D eigenvalue weighted by Crippen LogP contribution is 2.21. The average Bonchev–Trinajstić information content (AvgIpc) is 2.22. The molecule has 0 heterocycles. The molecule has 1 N–H and O–H groups in total. The van der Waals surface area contributed by atoms with E-state index < -0.39 is 0 Å². The zero-order chi connectivity index (χ0) is 12.3. The second-order valence-electron chi connectivity index (χ2n) is 3.81. The van der Waals surface area contributed by atoms with Crippen LogP contribution in [-0.4, -0.2) is 11.2 Å². The van der Waals surface area contributed by atoms with Gasteiger partial charge in [0.2, 0.25) is 5.91 Å². The monoisotopic (exact) mass is 305 g/mol. The van der Waals surface area contributed by atoms with Crippen LogP contribution in [0.2, 0.25) is 0 Å². The normalized spacial score (nSPS) is 12.6. The molecular formula is C11H13BrFNOS. The molecule has 0 radical (unpaired) electrons. The molecular weight excluding hydrogens is 293 g/mol. The topological polar surface area (TPSA) is 29.1 Å². The lowest BCUT2D eigenvalue weighted by Gasteiger charge is -2.14. The number of nitrogens with one attached hydrogen (secondary N) is 1. The predicted octanol–water partition coefficient (Wildman–Crippen LogP) is 3.48. The zero-order valence-electron chi connectivity index (χ0n) is 9.00. The van der Waals surface area contributed by atoms with Gasteiger partial charge >= 0.3 is 0 Å². The summed E-state index contributed by atoms with van der Waals surface area (Å²) in [5, 5.41) is 2.31. The first-order valence-electron chi connectivity index (χ1n) is 4.86. The van der Waals surface area contributed by atoms with Crippen molar-refractivity contribution in [2.75, 3.05) is 5.32 Å². The summed E-state index contributed by atoms with van der Waals surface area (Å²) in [6.45, 7) is 3.83. The molecule has 1 aromatic carbocycles. The number of rotatable bonds is 3. The van der Waals surface area contributed by atoms with E-state index >= 15 is 0 Å². The van der Waals surface area contributed by atoms with E-state index in [9.17, 15) is 9.18 Å². The van der Waals surface area contributed by atoms with Crippen LogP contribution in [0.3, 0.4) is 0 Å². The Kier molecular flexibility index (Phi) is 4.80. The highest BCUT2D eigenvalue weighted by molar-refractivity contribution is 9.10. The third-order valence-corrected chi connectivity index (χ3v) is 3.53. The number of benzene rings is 1. The van der Waals surface area contributed by atoms with E-state index in [-0.39, 0.29) is 22.9 Å². The van der Waals surface area contributed by atoms with Gasteiger partial charge in [0.15, 0.2) is 0 Å². The van der Waals surface area contributed by atoms with Crippen molar-refractivity contribution in [3.05, 3.63) is 28.5 Å². The summed E-state index contributed by atoms with van der Waals surface area (Å²) in [5.74, 6) is -0.395. The molecule has 1 atom stereocenters. The highest BCUT2D eigenvalue weighted by Gasteiger charge is 2.17. The molecule has 1 aromatic rings. The fourth-order valence-corrected chi connectivity index (χ4v) is 1.54. The van der Waals surface area contributed by atoms with Gasteiger partial charge in [0, 0.05) is 5.69 Å². The van der Waals surface area contributed by atoms with Gasteiger partial charge in [0.1, 0.15) is 5.82 Å². The molecule has 0 spiro atoms. The second-order valence-corrected chi connectivity index (χ2v) is 5.22. The molecule has 1 amide bonds. The summed E-state index contributed by atoms with van der Waals surface area (Å²) in [6, 6.07) is 4.33. The molecule has 0 saturated heterocycles. The van der Waals surface area contributed by atoms with Gasteiger partial charge in [-0.3, -0.25) is 4.79 Å². The van der Waals surface area contributed by atoms with Crippen LogP contribution >= 0.6 is 28.6 Å². The van der Waals surface area contributed by atoms with E-state index in [2.05, 4.69) is 33.9 Å². The van der Waals surface area contributed by atoms with Gasteiger partial charge in [-0.15, -0.1) is 0 Å². The molecule has 16 heavy (non-hydrogen) atoms. The largest absolute Gasteiger partial charge is 0.325 e. The van der Waals surface area contributed by atoms with Crippen LogP contribution in [0.4, 0.5) is 10.1 Å². The first-order chi connectivity index (χ1) is 7.41. The maximum atomic E-state index is 12.9. The molecule has 0 aromatic heterocycles. The maximum Gasteiger partial charge on any atom is 0.237 e. The van der Waals surface area contributed by atoms with E-state index in [4.69, 9.17) is 0 Å². The number of carbonyl (C=O) groups is 1. The molecule has 0 bridgehead atoms. The van der Waals surface area contributed by atoms with Crippen LogP contribution in [0.25, 0.3) is 0 Å². The Morgan fingerprint density at radius 1 is 1.50 bits per heavy atom. The Bertz CT molecular complexity index is 398. The maximum absolute atomic E-state index is 12.9. The van der Waals surface area contributed by atoms with Gasteiger partial charge in [-0.1, -0.05) is 13.8 Å². The predicted molar refractivity (Wildman–Crippen MR) is 70.3 cm³/mol. The fraction of sp³-hybridized carbons (Fsp3) is 0.364. The number of carbonyl (C=O) groups excluding carboxylic acids is 1. The summed E-state index contributed by atoms with van der Waals surface area (Å²) in [6.07, 6.45) is 0. The quantitative estimate of drug-likeness (QED) is 0.823. The van der Waals surface area contributed by atoms with E-state index in [0.717, 1.165) is 0 Å². The summed E-state index contributed by atoms with van der Waals surface area (Å²) < 4.78 is 13.3. The summed E-state index contributed by atoms with van der Waals surface area (Å²) in [5.41, 5.74) is 0.554. The Morgan fingerprint density at radius 3 is 2.62 bits per heavy atom. The van der Waals surface area contributed by atoms with Crippen molar-refractivity contribution in [3.63, 3.8) is 0 Å². The van der Waals surface area contributed by atoms with Crippen LogP contribution in [0.15, 0.2) is 22.7 Å². The lowest BCUT2D eigenvalue weighted by Crippen LogP contribution is -2.27. The molecule has 0 saturated carbocycles. The molecule has 1 unspecified atom stereocenters. The third-order valence-electron chi connectivity index (χ3n) is 2.09. The van der Waals surface area contributed by atoms with Gasteiger partial charge < -0.3 is 5.32 Å². The van der Waals surface area contributed by atoms with Crippen molar-refractivity contribution in [2.45, 2.75) is 19.1 Å². The van der Waals surface area contributed by atoms with Gasteiger partial charge in [-0.05, 0) is 40.0 Å². The number of hydrogen-bond acceptors (Lipinski definition) is 2. The summed E-state index contributed by atoms with van der Waals surface area (Å²) in [4.78, 5) is 11.7. The van der Waals surface area contributed by atoms with E-state index in [0.29, 0.717) is 10.2 Å². The minimum Gasteiger partial charge on any atom is -0.325 e. The van der Waals surface area contributed by atoms with Gasteiger partial charge in [-0.2, -0.15) is 12.6 Å². The minimum absolute atomic E-state index is 0.146. The van der Waals surface area contributed by atoms with Crippen LogP contribution in [0.1, 0.15) is 13.8 Å². The molecule has 0 aliphatic heterocycles. The fourth-order valence-electron chi connectivity index (χ4n) is 1.09. The van der Waals surface area contributed by atoms with Crippen LogP contribution in [0.5, 0.6) is 0 Å². The molecule has 5 heteroatoms. The highest BCUT2D eigenvalue weighted by atomic mass is 79.9. The number of thiol groups is 1. The van der Waals surface area contributed by atoms with Crippen molar-refractivity contribution in [3.8, 4) is 0 Å². The molecule has 0 aliphatic carbocycles. The van der Waals surface area contributed by atoms with E-state index in [1.807, 2.05) is 13.8 Å². The molecule has 0 aliphatic rings. The Hall–Kier alpha value is -0.550. The van der Waals surface area contributed by atoms with Crippen molar-refractivity contribution >= 4 is 40.2 Å². The van der Waals surface area contributed by atoms with Crippen molar-refractivity contribution in [2.24, 2.45) is 5.92 Å². The van der Waals surface area contributed by atoms with Crippen LogP contribution in [-0.2, 0) is 4.79 Å². The number of amides is 1. The second kappa shape index (κ2) is 5.68. The lowest BCUT2D eigenvalue weighted by molar-refractivity contribution is -0.116. The molecule has 88 valence electrons. The summed E-state index contributed by atoms with van der Waals surface area (Å²) >= 11 is 7.26. The van der Waals surface area contributed by atoms with E-state index in [1.54, 1.807) is 0 Å². The summed E-state index contributed by atoms with van der Waals surface area (Å²) in [7, 11) is 0. The molecule has 1 rings (SSSR count). The molecule has 0 fully saturated rings. The average molecular weight is 306 g/mol. The number of anilines is 1. The Labute approximate surface area is 108 Å². The smallest absolute Gasteiger partial charge is 0.237 e. The number of halogens is 2. The van der Waals surface area contributed by atoms with Crippen LogP contribution < -0.4 is 5.32 Å². The van der Waals surface area contributed by atoms with Crippen molar-refractivity contribution in [1.29, 1.82) is 0 Å². The van der Waals surface area contributed by atoms with Crippen LogP contribution in [0, 0.1) is 11.7 Å². The Morgan fingerprint density at radius 2 is 2.12 bits per heavy atom. The van der Waals surface area contributed by atoms with Crippen molar-refractivity contribution in [1.82, 2.24) is 0 Å². The first kappa shape index (κ1) is 13.5. The third kappa shape index (κ3) is 3.49. The standard InChI is InChI=1S/C11H13BrFNOS/c1-6(2)10(16)11(15)14-7-3-4-9(13)8(12)5-7/h3-6,10,16H,1-2H3,(H,14,15). The first-order valence-corrected chi connectivity index (χ1v) is 6.16. The SMILES string of the molecule is CC(C)C(S)C(=O)Nc1ccc(F)c(Br)c1. The minimum atomic E-state index is -0.371. The Balaban J connectivity index is 2.74. The van der Waals surface area contributed by atoms with Gasteiger partial charge in [0.05, 0.1) is 9.72 Å². The lowest BCUT2D eigenvalue weighted by atomic mass is 10.1. The van der Waals surface area contributed by atoms with Crippen molar-refractivity contribution < 1.29 is 9.18 Å². The zero-order valence-corrected chi connectivity index (χ0v) is 11.5. The molecule has 2 nitrogen and oxygen atoms in total. The number of hydrogen-bond donors (Lipinski definition) is 2. The van der Waals surface area contributed by atoms with E-state index in [1.165, 1.54) is 18.2 Å².